The van der Waals surface area contributed by atoms with Crippen LogP contribution in [0.15, 0.2) is 0 Å². The number of carbonyl (C=O) groups is 1. The third-order valence-electron chi connectivity index (χ3n) is 4.61. The van der Waals surface area contributed by atoms with Crippen LogP contribution in [0, 0.1) is 5.41 Å². The van der Waals surface area contributed by atoms with Crippen molar-refractivity contribution in [1.29, 1.82) is 0 Å². The van der Waals surface area contributed by atoms with E-state index in [1.807, 2.05) is 0 Å². The lowest BCUT2D eigenvalue weighted by Gasteiger charge is -2.49. The second-order valence-corrected chi connectivity index (χ2v) is 5.52. The summed E-state index contributed by atoms with van der Waals surface area (Å²) in [6.07, 6.45) is 10.0. The third kappa shape index (κ3) is 1.79. The van der Waals surface area contributed by atoms with Gasteiger partial charge in [-0.05, 0) is 39.0 Å². The summed E-state index contributed by atoms with van der Waals surface area (Å²) in [4.78, 5) is 11.2. The normalized spacial score (nSPS) is 34.3. The number of ether oxygens (including phenoxy) is 1. The maximum atomic E-state index is 11.2. The van der Waals surface area contributed by atoms with Crippen molar-refractivity contribution < 1.29 is 9.53 Å². The van der Waals surface area contributed by atoms with Gasteiger partial charge in [-0.15, -0.1) is 0 Å². The summed E-state index contributed by atoms with van der Waals surface area (Å²) in [6, 6.07) is 0. The molecule has 0 amide bonds. The lowest BCUT2D eigenvalue weighted by Crippen LogP contribution is -2.49. The molecule has 0 aromatic heterocycles. The Bertz CT molecular complexity index is 253. The molecule has 2 nitrogen and oxygen atoms in total. The highest BCUT2D eigenvalue weighted by Gasteiger charge is 2.52. The van der Waals surface area contributed by atoms with Crippen LogP contribution in [0.5, 0.6) is 0 Å². The van der Waals surface area contributed by atoms with Crippen molar-refractivity contribution in [2.45, 2.75) is 70.8 Å². The van der Waals surface area contributed by atoms with Gasteiger partial charge in [0.2, 0.25) is 0 Å². The summed E-state index contributed by atoms with van der Waals surface area (Å²) in [6.45, 7) is 3.71. The van der Waals surface area contributed by atoms with Crippen LogP contribution >= 0.6 is 0 Å². The monoisotopic (exact) mass is 210 g/mol. The van der Waals surface area contributed by atoms with Crippen molar-refractivity contribution in [3.63, 3.8) is 0 Å². The van der Waals surface area contributed by atoms with Gasteiger partial charge in [-0.2, -0.15) is 0 Å². The zero-order valence-corrected chi connectivity index (χ0v) is 9.97. The van der Waals surface area contributed by atoms with E-state index in [9.17, 15) is 4.79 Å². The van der Waals surface area contributed by atoms with E-state index in [4.69, 9.17) is 4.74 Å². The molecule has 0 aromatic rings. The molecule has 2 fully saturated rings. The second-order valence-electron chi connectivity index (χ2n) is 5.52. The van der Waals surface area contributed by atoms with Gasteiger partial charge in [-0.1, -0.05) is 19.3 Å². The molecular formula is C13H22O2. The van der Waals surface area contributed by atoms with Crippen LogP contribution < -0.4 is 0 Å². The van der Waals surface area contributed by atoms with E-state index in [0.29, 0.717) is 5.41 Å². The fourth-order valence-electron chi connectivity index (χ4n) is 3.76. The maximum Gasteiger partial charge on any atom is 0.303 e. The highest BCUT2D eigenvalue weighted by atomic mass is 16.6. The van der Waals surface area contributed by atoms with Crippen molar-refractivity contribution in [3.05, 3.63) is 0 Å². The van der Waals surface area contributed by atoms with Gasteiger partial charge in [0.15, 0.2) is 0 Å². The first-order valence-corrected chi connectivity index (χ1v) is 6.28. The van der Waals surface area contributed by atoms with E-state index >= 15 is 0 Å². The fraction of sp³-hybridized carbons (Fsp3) is 0.923. The fourth-order valence-corrected chi connectivity index (χ4v) is 3.76. The number of rotatable bonds is 1. The van der Waals surface area contributed by atoms with Gasteiger partial charge in [0.25, 0.3) is 0 Å². The molecule has 15 heavy (non-hydrogen) atoms. The summed E-state index contributed by atoms with van der Waals surface area (Å²) >= 11 is 0. The number of carbonyl (C=O) groups excluding carboxylic acids is 1. The first kappa shape index (κ1) is 11.0. The van der Waals surface area contributed by atoms with Gasteiger partial charge in [0.1, 0.15) is 5.60 Å². The van der Waals surface area contributed by atoms with Crippen LogP contribution in [0.2, 0.25) is 0 Å². The van der Waals surface area contributed by atoms with E-state index in [1.165, 1.54) is 44.9 Å². The molecule has 86 valence electrons. The average molecular weight is 210 g/mol. The number of esters is 1. The van der Waals surface area contributed by atoms with Crippen LogP contribution in [-0.4, -0.2) is 11.6 Å². The molecule has 1 unspecified atom stereocenters. The third-order valence-corrected chi connectivity index (χ3v) is 4.61. The summed E-state index contributed by atoms with van der Waals surface area (Å²) in [5.74, 6) is -0.106. The quantitative estimate of drug-likeness (QED) is 0.620. The zero-order chi connectivity index (χ0) is 10.9. The molecule has 2 aliphatic rings. The largest absolute Gasteiger partial charge is 0.459 e. The molecule has 0 aromatic carbocycles. The van der Waals surface area contributed by atoms with E-state index in [0.717, 1.165) is 6.42 Å². The van der Waals surface area contributed by atoms with Gasteiger partial charge in [-0.3, -0.25) is 4.79 Å². The Morgan fingerprint density at radius 3 is 1.93 bits per heavy atom. The Morgan fingerprint density at radius 1 is 1.00 bits per heavy atom. The molecule has 2 aliphatic carbocycles. The molecule has 0 radical (unpaired) electrons. The van der Waals surface area contributed by atoms with Crippen molar-refractivity contribution in [1.82, 2.24) is 0 Å². The number of hydrogen-bond acceptors (Lipinski definition) is 2. The lowest BCUT2D eigenvalue weighted by atomic mass is 9.62. The van der Waals surface area contributed by atoms with Crippen LogP contribution in [-0.2, 0) is 9.53 Å². The summed E-state index contributed by atoms with van der Waals surface area (Å²) in [5, 5.41) is 0. The molecule has 1 spiro atoms. The van der Waals surface area contributed by atoms with Crippen molar-refractivity contribution in [2.75, 3.05) is 0 Å². The Labute approximate surface area is 92.4 Å². The van der Waals surface area contributed by atoms with E-state index in [2.05, 4.69) is 6.92 Å². The first-order valence-electron chi connectivity index (χ1n) is 6.28. The summed E-state index contributed by atoms with van der Waals surface area (Å²) in [5.41, 5.74) is 0.143. The number of hydrogen-bond donors (Lipinski definition) is 0. The van der Waals surface area contributed by atoms with Gasteiger partial charge in [0.05, 0.1) is 0 Å². The minimum atomic E-state index is -0.173. The van der Waals surface area contributed by atoms with Crippen LogP contribution in [0.3, 0.4) is 0 Å². The molecular weight excluding hydrogens is 188 g/mol. The van der Waals surface area contributed by atoms with Crippen molar-refractivity contribution in [2.24, 2.45) is 5.41 Å². The minimum Gasteiger partial charge on any atom is -0.459 e. The molecule has 0 saturated heterocycles. The van der Waals surface area contributed by atoms with Gasteiger partial charge < -0.3 is 4.74 Å². The predicted octanol–water partition coefficient (Wildman–Crippen LogP) is 3.44. The molecule has 0 N–H and O–H groups in total. The van der Waals surface area contributed by atoms with Crippen LogP contribution in [0.25, 0.3) is 0 Å². The highest BCUT2D eigenvalue weighted by molar-refractivity contribution is 5.66. The molecule has 1 atom stereocenters. The average Bonchev–Trinajstić information content (AvgIpc) is 2.60. The summed E-state index contributed by atoms with van der Waals surface area (Å²) in [7, 11) is 0. The van der Waals surface area contributed by atoms with Crippen LogP contribution in [0.4, 0.5) is 0 Å². The van der Waals surface area contributed by atoms with Crippen molar-refractivity contribution >= 4 is 5.97 Å². The maximum absolute atomic E-state index is 11.2. The highest BCUT2D eigenvalue weighted by Crippen LogP contribution is 2.56. The minimum absolute atomic E-state index is 0.106. The smallest absolute Gasteiger partial charge is 0.303 e. The molecule has 0 bridgehead atoms. The Morgan fingerprint density at radius 2 is 1.47 bits per heavy atom. The zero-order valence-electron chi connectivity index (χ0n) is 9.97. The first-order chi connectivity index (χ1) is 7.08. The Hall–Kier alpha value is -0.530. The van der Waals surface area contributed by atoms with Gasteiger partial charge in [0, 0.05) is 12.3 Å². The topological polar surface area (TPSA) is 26.3 Å². The molecule has 0 heterocycles. The predicted molar refractivity (Wildman–Crippen MR) is 59.5 cm³/mol. The standard InChI is InChI=1S/C13H22O2/c1-11(14)15-12(2)7-3-4-8-13(12)9-5-6-10-13/h3-10H2,1-2H3. The Kier molecular flexibility index (Phi) is 2.78. The molecule has 0 aliphatic heterocycles. The van der Waals surface area contributed by atoms with Crippen molar-refractivity contribution in [3.8, 4) is 0 Å². The molecule has 2 saturated carbocycles. The van der Waals surface area contributed by atoms with Gasteiger partial charge >= 0.3 is 5.97 Å². The molecule has 2 heteroatoms. The molecule has 2 rings (SSSR count). The van der Waals surface area contributed by atoms with E-state index < -0.39 is 0 Å². The van der Waals surface area contributed by atoms with E-state index in [-0.39, 0.29) is 11.6 Å². The van der Waals surface area contributed by atoms with Crippen LogP contribution in [0.1, 0.15) is 65.2 Å². The Balaban J connectivity index is 2.21. The lowest BCUT2D eigenvalue weighted by molar-refractivity contribution is -0.179. The summed E-state index contributed by atoms with van der Waals surface area (Å²) < 4.78 is 5.68. The van der Waals surface area contributed by atoms with E-state index in [1.54, 1.807) is 6.92 Å². The SMILES string of the molecule is CC(=O)OC1(C)CCCCC12CCCC2. The van der Waals surface area contributed by atoms with Gasteiger partial charge in [-0.25, -0.2) is 0 Å². The second kappa shape index (κ2) is 3.80.